The molecular weight excluding hydrogens is 469 g/mol. The number of halogens is 4. The van der Waals surface area contributed by atoms with Crippen molar-refractivity contribution in [3.63, 3.8) is 0 Å². The average molecular weight is 492 g/mol. The van der Waals surface area contributed by atoms with Gasteiger partial charge in [0.1, 0.15) is 0 Å². The number of hydrogen-bond acceptors (Lipinski definition) is 3. The van der Waals surface area contributed by atoms with Crippen molar-refractivity contribution in [3.8, 4) is 0 Å². The normalized spacial score (nSPS) is 14.1. The van der Waals surface area contributed by atoms with E-state index in [1.165, 1.54) is 6.07 Å². The minimum Gasteiger partial charge on any atom is -0.298 e. The van der Waals surface area contributed by atoms with Crippen molar-refractivity contribution < 1.29 is 22.4 Å². The van der Waals surface area contributed by atoms with E-state index >= 15 is 8.78 Å². The number of rotatable bonds is 5. The van der Waals surface area contributed by atoms with Crippen LogP contribution in [0.1, 0.15) is 52.7 Å². The van der Waals surface area contributed by atoms with Gasteiger partial charge in [-0.3, -0.25) is 13.6 Å². The van der Waals surface area contributed by atoms with E-state index in [2.05, 4.69) is 31.9 Å². The van der Waals surface area contributed by atoms with Crippen molar-refractivity contribution >= 4 is 39.5 Å². The van der Waals surface area contributed by atoms with Crippen molar-refractivity contribution in [1.29, 1.82) is 0 Å². The lowest BCUT2D eigenvalue weighted by atomic mass is 10.1. The van der Waals surface area contributed by atoms with Gasteiger partial charge in [-0.15, -0.1) is 0 Å². The molecule has 1 rings (SSSR count). The Morgan fingerprint density at radius 3 is 1.83 bits per heavy atom. The summed E-state index contributed by atoms with van der Waals surface area (Å²) in [5, 5.41) is 0.520. The Labute approximate surface area is 159 Å². The maximum Gasteiger partial charge on any atom is 0.405 e. The van der Waals surface area contributed by atoms with Gasteiger partial charge in [0.25, 0.3) is 0 Å². The zero-order valence-corrected chi connectivity index (χ0v) is 18.7. The zero-order valence-electron chi connectivity index (χ0n) is 14.6. The molecule has 0 aliphatic carbocycles. The van der Waals surface area contributed by atoms with Crippen LogP contribution in [0.3, 0.4) is 0 Å². The lowest BCUT2D eigenvalue weighted by Crippen LogP contribution is -2.30. The van der Waals surface area contributed by atoms with Crippen molar-refractivity contribution in [2.24, 2.45) is 0 Å². The largest absolute Gasteiger partial charge is 0.405 e. The van der Waals surface area contributed by atoms with Crippen LogP contribution in [0.2, 0.25) is 0 Å². The lowest BCUT2D eigenvalue weighted by molar-refractivity contribution is -0.0216. The van der Waals surface area contributed by atoms with Crippen LogP contribution in [0.25, 0.3) is 0 Å². The molecule has 0 spiro atoms. The minimum absolute atomic E-state index is 0.152. The van der Waals surface area contributed by atoms with Crippen LogP contribution in [0, 0.1) is 0 Å². The van der Waals surface area contributed by atoms with Crippen LogP contribution in [0.4, 0.5) is 8.78 Å². The molecule has 3 nitrogen and oxygen atoms in total. The Hall–Kier alpha value is 0.190. The molecule has 0 fully saturated rings. The Morgan fingerprint density at radius 1 is 1.04 bits per heavy atom. The molecule has 0 saturated heterocycles. The fourth-order valence-corrected chi connectivity index (χ4v) is 5.26. The van der Waals surface area contributed by atoms with E-state index in [4.69, 9.17) is 9.05 Å². The second-order valence-electron chi connectivity index (χ2n) is 7.39. The van der Waals surface area contributed by atoms with Gasteiger partial charge in [0.05, 0.1) is 11.2 Å². The van der Waals surface area contributed by atoms with Crippen LogP contribution in [0.5, 0.6) is 0 Å². The topological polar surface area (TPSA) is 35.5 Å². The molecule has 0 amide bonds. The molecule has 24 heavy (non-hydrogen) atoms. The summed E-state index contributed by atoms with van der Waals surface area (Å²) in [6.07, 6.45) is 0. The number of alkyl halides is 3. The highest BCUT2D eigenvalue weighted by Gasteiger charge is 2.58. The van der Waals surface area contributed by atoms with E-state index in [0.717, 1.165) is 5.56 Å². The monoisotopic (exact) mass is 490 g/mol. The molecule has 138 valence electrons. The molecule has 0 atom stereocenters. The molecule has 1 aromatic carbocycles. The standard InChI is InChI=1S/C16H23Br2F2O3P/c1-14(2,3)22-24(21,23-15(4,5)6)16(19,20)12-8-7-11(10-17)9-13(12)18/h7-9H,10H2,1-6H3. The van der Waals surface area contributed by atoms with Gasteiger partial charge in [0, 0.05) is 15.4 Å². The van der Waals surface area contributed by atoms with E-state index in [9.17, 15) is 4.57 Å². The Kier molecular flexibility index (Phi) is 6.89. The molecule has 0 aromatic heterocycles. The van der Waals surface area contributed by atoms with Crippen molar-refractivity contribution in [1.82, 2.24) is 0 Å². The smallest absolute Gasteiger partial charge is 0.298 e. The van der Waals surface area contributed by atoms with E-state index in [1.807, 2.05) is 0 Å². The predicted octanol–water partition coefficient (Wildman–Crippen LogP) is 7.22. The van der Waals surface area contributed by atoms with Gasteiger partial charge in [-0.25, -0.2) is 0 Å². The number of benzene rings is 1. The molecule has 0 radical (unpaired) electrons. The summed E-state index contributed by atoms with van der Waals surface area (Å²) < 4.78 is 54.3. The quantitative estimate of drug-likeness (QED) is 0.322. The third-order valence-electron chi connectivity index (χ3n) is 2.64. The first-order valence-corrected chi connectivity index (χ1v) is 10.8. The fraction of sp³-hybridized carbons (Fsp3) is 0.625. The number of hydrogen-bond donors (Lipinski definition) is 0. The highest BCUT2D eigenvalue weighted by Crippen LogP contribution is 2.70. The Bertz CT molecular complexity index is 617. The molecule has 0 bridgehead atoms. The van der Waals surface area contributed by atoms with E-state index < -0.39 is 30.0 Å². The molecule has 0 unspecified atom stereocenters. The SMILES string of the molecule is CC(C)(C)OP(=O)(OC(C)(C)C)C(F)(F)c1ccc(CBr)cc1Br. The second kappa shape index (κ2) is 7.43. The Morgan fingerprint density at radius 2 is 1.50 bits per heavy atom. The van der Waals surface area contributed by atoms with Crippen LogP contribution < -0.4 is 0 Å². The summed E-state index contributed by atoms with van der Waals surface area (Å²) in [5.41, 5.74) is -5.55. The maximum absolute atomic E-state index is 15.2. The molecular formula is C16H23Br2F2O3P. The summed E-state index contributed by atoms with van der Waals surface area (Å²) >= 11 is 6.42. The van der Waals surface area contributed by atoms with E-state index in [1.54, 1.807) is 53.7 Å². The fourth-order valence-electron chi connectivity index (χ4n) is 1.89. The second-order valence-corrected chi connectivity index (χ2v) is 10.7. The van der Waals surface area contributed by atoms with E-state index in [-0.39, 0.29) is 4.47 Å². The third kappa shape index (κ3) is 5.60. The van der Waals surface area contributed by atoms with Crippen molar-refractivity contribution in [2.45, 2.75) is 63.7 Å². The van der Waals surface area contributed by atoms with Crippen molar-refractivity contribution in [3.05, 3.63) is 33.8 Å². The van der Waals surface area contributed by atoms with Gasteiger partial charge in [0.15, 0.2) is 0 Å². The first-order valence-electron chi connectivity index (χ1n) is 7.36. The summed E-state index contributed by atoms with van der Waals surface area (Å²) in [6.45, 7) is 9.36. The van der Waals surface area contributed by atoms with Crippen LogP contribution in [-0.2, 0) is 24.6 Å². The summed E-state index contributed by atoms with van der Waals surface area (Å²) in [5.74, 6) is 0. The molecule has 1 aromatic rings. The van der Waals surface area contributed by atoms with Crippen molar-refractivity contribution in [2.75, 3.05) is 0 Å². The van der Waals surface area contributed by atoms with Crippen LogP contribution >= 0.6 is 39.5 Å². The van der Waals surface area contributed by atoms with Gasteiger partial charge in [-0.2, -0.15) is 8.78 Å². The maximum atomic E-state index is 15.2. The molecule has 0 heterocycles. The first kappa shape index (κ1) is 22.2. The van der Waals surface area contributed by atoms with E-state index in [0.29, 0.717) is 5.33 Å². The molecule has 0 saturated carbocycles. The molecule has 0 aliphatic rings. The summed E-state index contributed by atoms with van der Waals surface area (Å²) in [7, 11) is -4.81. The van der Waals surface area contributed by atoms with Gasteiger partial charge < -0.3 is 0 Å². The van der Waals surface area contributed by atoms with Gasteiger partial charge in [0.2, 0.25) is 0 Å². The van der Waals surface area contributed by atoms with Gasteiger partial charge in [-0.1, -0.05) is 44.0 Å². The zero-order chi connectivity index (χ0) is 19.0. The van der Waals surface area contributed by atoms with Gasteiger partial charge >= 0.3 is 13.3 Å². The lowest BCUT2D eigenvalue weighted by Gasteiger charge is -2.36. The van der Waals surface area contributed by atoms with Gasteiger partial charge in [-0.05, 0) is 53.2 Å². The molecule has 8 heteroatoms. The Balaban J connectivity index is 3.47. The summed E-state index contributed by atoms with van der Waals surface area (Å²) in [6, 6.07) is 4.34. The average Bonchev–Trinajstić information content (AvgIpc) is 2.33. The first-order chi connectivity index (χ1) is 10.6. The molecule has 0 N–H and O–H groups in total. The highest BCUT2D eigenvalue weighted by molar-refractivity contribution is 9.10. The highest BCUT2D eigenvalue weighted by atomic mass is 79.9. The third-order valence-corrected chi connectivity index (χ3v) is 6.45. The minimum atomic E-state index is -4.81. The predicted molar refractivity (Wildman–Crippen MR) is 99.9 cm³/mol. The van der Waals surface area contributed by atoms with Crippen LogP contribution in [0.15, 0.2) is 22.7 Å². The molecule has 0 aliphatic heterocycles. The summed E-state index contributed by atoms with van der Waals surface area (Å²) in [4.78, 5) is 0. The van der Waals surface area contributed by atoms with Crippen LogP contribution in [-0.4, -0.2) is 11.2 Å².